The van der Waals surface area contributed by atoms with Crippen LogP contribution in [-0.2, 0) is 7.05 Å². The monoisotopic (exact) mass is 194 g/mol. The van der Waals surface area contributed by atoms with Gasteiger partial charge in [-0.15, -0.1) is 0 Å². The first-order valence-corrected chi connectivity index (χ1v) is 4.60. The Morgan fingerprint density at radius 2 is 2.21 bits per heavy atom. The number of pyridine rings is 1. The molecule has 14 heavy (non-hydrogen) atoms. The van der Waals surface area contributed by atoms with E-state index in [1.165, 1.54) is 22.9 Å². The third-order valence-corrected chi connectivity index (χ3v) is 1.88. The van der Waals surface area contributed by atoms with Crippen molar-refractivity contribution in [3.63, 3.8) is 0 Å². The van der Waals surface area contributed by atoms with Crippen LogP contribution in [0.5, 0.6) is 0 Å². The summed E-state index contributed by atoms with van der Waals surface area (Å²) in [6, 6.07) is 2.92. The Kier molecular flexibility index (Phi) is 3.45. The minimum absolute atomic E-state index is 0.114. The summed E-state index contributed by atoms with van der Waals surface area (Å²) in [6.45, 7) is 2.64. The van der Waals surface area contributed by atoms with E-state index in [0.29, 0.717) is 12.1 Å². The summed E-state index contributed by atoms with van der Waals surface area (Å²) in [5.74, 6) is -0.137. The number of rotatable bonds is 3. The first-order valence-electron chi connectivity index (χ1n) is 4.60. The van der Waals surface area contributed by atoms with Crippen molar-refractivity contribution in [2.75, 3.05) is 6.54 Å². The predicted octanol–water partition coefficient (Wildman–Crippen LogP) is 0.525. The van der Waals surface area contributed by atoms with Crippen LogP contribution in [0.2, 0.25) is 0 Å². The molecular formula is C10H14N2O2. The molecule has 1 amide bonds. The molecule has 76 valence electrons. The van der Waals surface area contributed by atoms with E-state index in [4.69, 9.17) is 0 Å². The SMILES string of the molecule is CCCNC(=O)c1ccc(=O)n(C)c1. The summed E-state index contributed by atoms with van der Waals surface area (Å²) < 4.78 is 1.39. The Morgan fingerprint density at radius 1 is 1.50 bits per heavy atom. The molecule has 4 heteroatoms. The molecule has 0 aromatic carbocycles. The van der Waals surface area contributed by atoms with Gasteiger partial charge in [0.05, 0.1) is 5.56 Å². The highest BCUT2D eigenvalue weighted by atomic mass is 16.1. The zero-order chi connectivity index (χ0) is 10.6. The second kappa shape index (κ2) is 4.60. The van der Waals surface area contributed by atoms with Gasteiger partial charge in [-0.05, 0) is 12.5 Å². The Morgan fingerprint density at radius 3 is 2.79 bits per heavy atom. The predicted molar refractivity (Wildman–Crippen MR) is 54.3 cm³/mol. The van der Waals surface area contributed by atoms with Crippen LogP contribution in [0.15, 0.2) is 23.1 Å². The molecule has 1 N–H and O–H groups in total. The standard InChI is InChI=1S/C10H14N2O2/c1-3-6-11-10(14)8-4-5-9(13)12(2)7-8/h4-5,7H,3,6H2,1-2H3,(H,11,14). The van der Waals surface area contributed by atoms with E-state index in [0.717, 1.165) is 6.42 Å². The molecule has 1 rings (SSSR count). The van der Waals surface area contributed by atoms with Crippen molar-refractivity contribution in [3.05, 3.63) is 34.2 Å². The zero-order valence-electron chi connectivity index (χ0n) is 8.41. The van der Waals surface area contributed by atoms with Crippen molar-refractivity contribution < 1.29 is 4.79 Å². The number of nitrogens with one attached hydrogen (secondary N) is 1. The van der Waals surface area contributed by atoms with Crippen LogP contribution in [0, 0.1) is 0 Å². The highest BCUT2D eigenvalue weighted by Crippen LogP contribution is 1.94. The normalized spacial score (nSPS) is 9.86. The second-order valence-corrected chi connectivity index (χ2v) is 3.12. The molecule has 0 unspecified atom stereocenters. The lowest BCUT2D eigenvalue weighted by Gasteiger charge is -2.04. The Hall–Kier alpha value is -1.58. The number of carbonyl (C=O) groups excluding carboxylic acids is 1. The molecule has 0 aliphatic heterocycles. The van der Waals surface area contributed by atoms with Gasteiger partial charge in [0.15, 0.2) is 0 Å². The maximum Gasteiger partial charge on any atom is 0.252 e. The van der Waals surface area contributed by atoms with E-state index >= 15 is 0 Å². The number of aryl methyl sites for hydroxylation is 1. The number of nitrogens with zero attached hydrogens (tertiary/aromatic N) is 1. The van der Waals surface area contributed by atoms with Gasteiger partial charge >= 0.3 is 0 Å². The lowest BCUT2D eigenvalue weighted by atomic mass is 10.2. The van der Waals surface area contributed by atoms with Gasteiger partial charge in [0.1, 0.15) is 0 Å². The fourth-order valence-electron chi connectivity index (χ4n) is 1.07. The summed E-state index contributed by atoms with van der Waals surface area (Å²) in [5, 5.41) is 2.74. The molecule has 0 aliphatic carbocycles. The maximum atomic E-state index is 11.4. The number of hydrogen-bond donors (Lipinski definition) is 1. The van der Waals surface area contributed by atoms with Gasteiger partial charge in [0.2, 0.25) is 5.56 Å². The van der Waals surface area contributed by atoms with E-state index in [1.807, 2.05) is 6.92 Å². The zero-order valence-corrected chi connectivity index (χ0v) is 8.41. The second-order valence-electron chi connectivity index (χ2n) is 3.12. The molecular weight excluding hydrogens is 180 g/mol. The topological polar surface area (TPSA) is 51.1 Å². The van der Waals surface area contributed by atoms with Gasteiger partial charge in [-0.3, -0.25) is 9.59 Å². The van der Waals surface area contributed by atoms with E-state index < -0.39 is 0 Å². The third kappa shape index (κ3) is 2.45. The van der Waals surface area contributed by atoms with Gasteiger partial charge in [-0.25, -0.2) is 0 Å². The van der Waals surface area contributed by atoms with E-state index in [9.17, 15) is 9.59 Å². The average molecular weight is 194 g/mol. The Balaban J connectivity index is 2.81. The molecule has 1 aromatic heterocycles. The molecule has 0 bridgehead atoms. The lowest BCUT2D eigenvalue weighted by Crippen LogP contribution is -2.26. The van der Waals surface area contributed by atoms with Crippen LogP contribution in [0.4, 0.5) is 0 Å². The Bertz CT molecular complexity index is 382. The van der Waals surface area contributed by atoms with Crippen LogP contribution in [0.1, 0.15) is 23.7 Å². The van der Waals surface area contributed by atoms with E-state index in [2.05, 4.69) is 5.32 Å². The number of amides is 1. The largest absolute Gasteiger partial charge is 0.352 e. The first-order chi connectivity index (χ1) is 6.65. The number of carbonyl (C=O) groups is 1. The summed E-state index contributed by atoms with van der Waals surface area (Å²) in [6.07, 6.45) is 2.44. The molecule has 0 radical (unpaired) electrons. The molecule has 0 saturated heterocycles. The highest BCUT2D eigenvalue weighted by Gasteiger charge is 2.04. The summed E-state index contributed by atoms with van der Waals surface area (Å²) in [4.78, 5) is 22.5. The summed E-state index contributed by atoms with van der Waals surface area (Å²) in [5.41, 5.74) is 0.401. The molecule has 0 saturated carbocycles. The fraction of sp³-hybridized carbons (Fsp3) is 0.400. The summed E-state index contributed by atoms with van der Waals surface area (Å²) >= 11 is 0. The van der Waals surface area contributed by atoms with Crippen LogP contribution in [-0.4, -0.2) is 17.0 Å². The number of aromatic nitrogens is 1. The van der Waals surface area contributed by atoms with Crippen molar-refractivity contribution in [2.24, 2.45) is 7.05 Å². The van der Waals surface area contributed by atoms with Crippen molar-refractivity contribution >= 4 is 5.91 Å². The first kappa shape index (κ1) is 10.5. The maximum absolute atomic E-state index is 11.4. The molecule has 0 fully saturated rings. The van der Waals surface area contributed by atoms with Gasteiger partial charge in [-0.2, -0.15) is 0 Å². The van der Waals surface area contributed by atoms with Crippen LogP contribution >= 0.6 is 0 Å². The van der Waals surface area contributed by atoms with Crippen LogP contribution < -0.4 is 10.9 Å². The molecule has 0 aliphatic rings. The summed E-state index contributed by atoms with van der Waals surface area (Å²) in [7, 11) is 1.62. The van der Waals surface area contributed by atoms with Crippen molar-refractivity contribution in [1.82, 2.24) is 9.88 Å². The minimum Gasteiger partial charge on any atom is -0.352 e. The van der Waals surface area contributed by atoms with Crippen LogP contribution in [0.25, 0.3) is 0 Å². The fourth-order valence-corrected chi connectivity index (χ4v) is 1.07. The number of hydrogen-bond acceptors (Lipinski definition) is 2. The minimum atomic E-state index is -0.137. The van der Waals surface area contributed by atoms with E-state index in [-0.39, 0.29) is 11.5 Å². The lowest BCUT2D eigenvalue weighted by molar-refractivity contribution is 0.0953. The van der Waals surface area contributed by atoms with E-state index in [1.54, 1.807) is 7.05 Å². The smallest absolute Gasteiger partial charge is 0.252 e. The average Bonchev–Trinajstić information content (AvgIpc) is 2.18. The molecule has 1 aromatic rings. The molecule has 0 spiro atoms. The molecule has 1 heterocycles. The van der Waals surface area contributed by atoms with Gasteiger partial charge in [-0.1, -0.05) is 6.92 Å². The third-order valence-electron chi connectivity index (χ3n) is 1.88. The molecule has 0 atom stereocenters. The van der Waals surface area contributed by atoms with Crippen molar-refractivity contribution in [2.45, 2.75) is 13.3 Å². The van der Waals surface area contributed by atoms with Gasteiger partial charge in [0, 0.05) is 25.9 Å². The quantitative estimate of drug-likeness (QED) is 0.762. The van der Waals surface area contributed by atoms with Crippen molar-refractivity contribution in [3.8, 4) is 0 Å². The van der Waals surface area contributed by atoms with Gasteiger partial charge in [0.25, 0.3) is 5.91 Å². The van der Waals surface area contributed by atoms with Crippen LogP contribution in [0.3, 0.4) is 0 Å². The molecule has 4 nitrogen and oxygen atoms in total. The Labute approximate surface area is 82.6 Å². The highest BCUT2D eigenvalue weighted by molar-refractivity contribution is 5.93. The van der Waals surface area contributed by atoms with Crippen molar-refractivity contribution in [1.29, 1.82) is 0 Å². The van der Waals surface area contributed by atoms with Gasteiger partial charge < -0.3 is 9.88 Å².